The fourth-order valence-corrected chi connectivity index (χ4v) is 0. The summed E-state index contributed by atoms with van der Waals surface area (Å²) in [6.07, 6.45) is 0. The van der Waals surface area contributed by atoms with Crippen LogP contribution in [-0.2, 0) is 42.1 Å². The van der Waals surface area contributed by atoms with Gasteiger partial charge in [0, 0.05) is 42.1 Å². The van der Waals surface area contributed by atoms with E-state index < -0.39 is 29.3 Å². The third-order valence-corrected chi connectivity index (χ3v) is 0. The predicted molar refractivity (Wildman–Crippen MR) is 23.0 cm³/mol. The van der Waals surface area contributed by atoms with Gasteiger partial charge in [0.15, 0.2) is 0 Å². The van der Waals surface area contributed by atoms with Crippen LogP contribution in [0.25, 0.3) is 0 Å². The average Bonchev–Trinajstić information content (AvgIpc) is 1.76. The molecule has 0 fully saturated rings. The predicted octanol–water partition coefficient (Wildman–Crippen LogP) is -15.8. The van der Waals surface area contributed by atoms with Gasteiger partial charge >= 0.3 is 0 Å². The van der Waals surface area contributed by atoms with Crippen molar-refractivity contribution >= 4 is 29.3 Å². The van der Waals surface area contributed by atoms with Crippen LogP contribution in [0.4, 0.5) is 0 Å². The van der Waals surface area contributed by atoms with Crippen molar-refractivity contribution < 1.29 is 102 Å². The molecule has 0 N–H and O–H groups in total. The SMILES string of the molecule is [O-]B([O-])[O-].[O-]B([O-])[O-].[O-]B([O-])[O-].[O-]B([O-])[O-].[W].[W]. The maximum Gasteiger partial charge on any atom is 0 e. The molecule has 18 heteroatoms. The molecule has 0 radical (unpaired) electrons. The van der Waals surface area contributed by atoms with Gasteiger partial charge in [-0.1, -0.05) is 0 Å². The normalized spacial score (nSPS) is 6.00. The first kappa shape index (κ1) is 36.5. The van der Waals surface area contributed by atoms with Gasteiger partial charge in [-0.2, -0.15) is 0 Å². The van der Waals surface area contributed by atoms with Crippen LogP contribution in [0.2, 0.25) is 0 Å². The van der Waals surface area contributed by atoms with Crippen LogP contribution in [0.3, 0.4) is 0 Å². The molecule has 108 valence electrons. The van der Waals surface area contributed by atoms with Gasteiger partial charge in [0.2, 0.25) is 0 Å². The minimum Gasteiger partial charge on any atom is -0.907 e. The first-order chi connectivity index (χ1) is 6.93. The second-order valence-corrected chi connectivity index (χ2v) is 1.15. The number of hydrogen-bond acceptors (Lipinski definition) is 12. The van der Waals surface area contributed by atoms with Crippen LogP contribution in [0.5, 0.6) is 0 Å². The minimum atomic E-state index is -2.92. The van der Waals surface area contributed by atoms with Crippen LogP contribution in [0.15, 0.2) is 0 Å². The van der Waals surface area contributed by atoms with Crippen LogP contribution < -0.4 is 60.3 Å². The molecule has 0 bridgehead atoms. The monoisotopic (exact) mass is 604 g/mol. The van der Waals surface area contributed by atoms with Gasteiger partial charge in [0.1, 0.15) is 0 Å². The maximum atomic E-state index is 8.42. The smallest absolute Gasteiger partial charge is 0 e. The Labute approximate surface area is 131 Å². The standard InChI is InChI=1S/4BO3.2W/c4*2-1(3)4;;/q4*-3;;. The molecule has 18 heavy (non-hydrogen) atoms. The van der Waals surface area contributed by atoms with Crippen LogP contribution in [-0.4, -0.2) is 29.3 Å². The summed E-state index contributed by atoms with van der Waals surface area (Å²) < 4.78 is 0. The topological polar surface area (TPSA) is 277 Å². The molecule has 0 spiro atoms. The molecule has 0 rings (SSSR count). The third kappa shape index (κ3) is 3350. The van der Waals surface area contributed by atoms with Crippen LogP contribution in [0.1, 0.15) is 0 Å². The Kier molecular flexibility index (Phi) is 62.6. The van der Waals surface area contributed by atoms with Gasteiger partial charge in [0.05, 0.1) is 0 Å². The molecule has 0 aliphatic rings. The van der Waals surface area contributed by atoms with Crippen molar-refractivity contribution in [2.75, 3.05) is 0 Å². The zero-order valence-corrected chi connectivity index (χ0v) is 13.9. The van der Waals surface area contributed by atoms with E-state index in [-0.39, 0.29) is 42.1 Å². The molecule has 0 heterocycles. The Morgan fingerprint density at radius 3 is 0.278 bits per heavy atom. The minimum absolute atomic E-state index is 0. The second-order valence-electron chi connectivity index (χ2n) is 1.15. The number of rotatable bonds is 0. The largest absolute Gasteiger partial charge is 0.907 e. The fourth-order valence-electron chi connectivity index (χ4n) is 0. The Morgan fingerprint density at radius 1 is 0.278 bits per heavy atom. The van der Waals surface area contributed by atoms with E-state index in [4.69, 9.17) is 60.3 Å². The molecular weight excluding hydrogens is 603 g/mol. The van der Waals surface area contributed by atoms with Crippen molar-refractivity contribution in [1.29, 1.82) is 0 Å². The molecule has 0 aliphatic heterocycles. The van der Waals surface area contributed by atoms with Crippen LogP contribution >= 0.6 is 0 Å². The van der Waals surface area contributed by atoms with Gasteiger partial charge in [-0.15, -0.1) is 0 Å². The van der Waals surface area contributed by atoms with E-state index in [2.05, 4.69) is 0 Å². The van der Waals surface area contributed by atoms with Gasteiger partial charge in [-0.05, 0) is 0 Å². The van der Waals surface area contributed by atoms with Gasteiger partial charge < -0.3 is 60.3 Å². The molecule has 0 saturated carbocycles. The molecule has 0 unspecified atom stereocenters. The van der Waals surface area contributed by atoms with E-state index in [0.717, 1.165) is 0 Å². The fraction of sp³-hybridized carbons (Fsp3) is 0. The van der Waals surface area contributed by atoms with Crippen molar-refractivity contribution in [2.24, 2.45) is 0 Å². The average molecular weight is 603 g/mol. The third-order valence-electron chi connectivity index (χ3n) is 0. The van der Waals surface area contributed by atoms with E-state index in [1.54, 1.807) is 0 Å². The first-order valence-corrected chi connectivity index (χ1v) is 2.83. The van der Waals surface area contributed by atoms with Crippen molar-refractivity contribution in [1.82, 2.24) is 0 Å². The maximum absolute atomic E-state index is 8.42. The quantitative estimate of drug-likeness (QED) is 0.234. The summed E-state index contributed by atoms with van der Waals surface area (Å²) in [5, 5.41) is 101. The Morgan fingerprint density at radius 2 is 0.278 bits per heavy atom. The molecule has 0 aromatic carbocycles. The van der Waals surface area contributed by atoms with E-state index in [1.807, 2.05) is 0 Å². The molecule has 0 amide bonds. The molecule has 0 aromatic rings. The number of hydrogen-bond donors (Lipinski definition) is 0. The molecule has 0 saturated heterocycles. The molecule has 12 nitrogen and oxygen atoms in total. The van der Waals surface area contributed by atoms with Crippen molar-refractivity contribution in [3.05, 3.63) is 0 Å². The van der Waals surface area contributed by atoms with Crippen molar-refractivity contribution in [3.8, 4) is 0 Å². The summed E-state index contributed by atoms with van der Waals surface area (Å²) in [7, 11) is -11.7. The van der Waals surface area contributed by atoms with E-state index in [1.165, 1.54) is 0 Å². The first-order valence-electron chi connectivity index (χ1n) is 2.83. The summed E-state index contributed by atoms with van der Waals surface area (Å²) in [6, 6.07) is 0. The molecule has 0 aliphatic carbocycles. The summed E-state index contributed by atoms with van der Waals surface area (Å²) in [5.74, 6) is 0. The molecule has 0 aromatic heterocycles. The molecule has 0 atom stereocenters. The summed E-state index contributed by atoms with van der Waals surface area (Å²) in [4.78, 5) is 0. The zero-order chi connectivity index (χ0) is 14.3. The van der Waals surface area contributed by atoms with E-state index in [9.17, 15) is 0 Å². The van der Waals surface area contributed by atoms with Crippen molar-refractivity contribution in [3.63, 3.8) is 0 Å². The molecular formula is B4O12W2-12. The Hall–Kier alpha value is 1.16. The van der Waals surface area contributed by atoms with Crippen molar-refractivity contribution in [2.45, 2.75) is 0 Å². The van der Waals surface area contributed by atoms with Gasteiger partial charge in [0.25, 0.3) is 0 Å². The zero-order valence-electron chi connectivity index (χ0n) is 8.02. The summed E-state index contributed by atoms with van der Waals surface area (Å²) in [6.45, 7) is 0. The van der Waals surface area contributed by atoms with Gasteiger partial charge in [-0.25, -0.2) is 0 Å². The van der Waals surface area contributed by atoms with Crippen LogP contribution in [0, 0.1) is 0 Å². The Bertz CT molecular complexity index is 65.1. The van der Waals surface area contributed by atoms with E-state index >= 15 is 0 Å². The van der Waals surface area contributed by atoms with E-state index in [0.29, 0.717) is 0 Å². The second kappa shape index (κ2) is 30.9. The summed E-state index contributed by atoms with van der Waals surface area (Å²) in [5.41, 5.74) is 0. The Balaban J connectivity index is -0.0000000257. The van der Waals surface area contributed by atoms with Gasteiger partial charge in [-0.3, -0.25) is 29.3 Å². The summed E-state index contributed by atoms with van der Waals surface area (Å²) >= 11 is 0.